The smallest absolute Gasteiger partial charge is 0.281 e. The van der Waals surface area contributed by atoms with Gasteiger partial charge in [-0.2, -0.15) is 5.10 Å². The van der Waals surface area contributed by atoms with Crippen molar-refractivity contribution in [1.82, 2.24) is 5.43 Å². The third-order valence-electron chi connectivity index (χ3n) is 6.13. The molecule has 0 aliphatic rings. The van der Waals surface area contributed by atoms with Crippen LogP contribution in [0.5, 0.6) is 11.5 Å². The maximum atomic E-state index is 13.3. The molecule has 0 heterocycles. The van der Waals surface area contributed by atoms with Crippen molar-refractivity contribution in [3.05, 3.63) is 143 Å². The van der Waals surface area contributed by atoms with E-state index in [1.165, 1.54) is 6.21 Å². The molecule has 0 unspecified atom stereocenters. The van der Waals surface area contributed by atoms with Crippen molar-refractivity contribution < 1.29 is 19.4 Å². The number of amides is 1. The van der Waals surface area contributed by atoms with Crippen LogP contribution in [0.4, 0.5) is 0 Å². The molecule has 0 saturated carbocycles. The summed E-state index contributed by atoms with van der Waals surface area (Å²) in [6.45, 7) is 4.18. The van der Waals surface area contributed by atoms with E-state index in [0.29, 0.717) is 46.2 Å². The summed E-state index contributed by atoms with van der Waals surface area (Å²) in [7, 11) is 1.56. The predicted molar refractivity (Wildman–Crippen MR) is 154 cm³/mol. The van der Waals surface area contributed by atoms with Gasteiger partial charge < -0.3 is 14.6 Å². The largest absolute Gasteiger partial charge is 0.493 e. The van der Waals surface area contributed by atoms with Crippen LogP contribution in [0, 0.1) is 0 Å². The van der Waals surface area contributed by atoms with Crippen molar-refractivity contribution in [3.8, 4) is 11.5 Å². The molecule has 2 N–H and O–H groups in total. The standard InChI is InChI=1S/C32H29ClN2O4/c1-3-10-25-19-24(20-29(38-2)30(25)39-22-23-15-17-28(33)18-16-23)21-34-35-31(36)32(37,26-11-6-4-7-12-26)27-13-8-5-9-14-27/h3-9,11-21,37H,1,10,22H2,2H3,(H,35,36)/b34-21-. The summed E-state index contributed by atoms with van der Waals surface area (Å²) in [4.78, 5) is 13.3. The lowest BCUT2D eigenvalue weighted by atomic mass is 9.85. The molecule has 198 valence electrons. The highest BCUT2D eigenvalue weighted by Crippen LogP contribution is 2.34. The lowest BCUT2D eigenvalue weighted by molar-refractivity contribution is -0.136. The van der Waals surface area contributed by atoms with Gasteiger partial charge in [-0.3, -0.25) is 4.79 Å². The molecule has 0 fully saturated rings. The Balaban J connectivity index is 1.57. The zero-order valence-electron chi connectivity index (χ0n) is 21.5. The SMILES string of the molecule is C=CCc1cc(/C=N\NC(=O)C(O)(c2ccccc2)c2ccccc2)cc(OC)c1OCc1ccc(Cl)cc1. The topological polar surface area (TPSA) is 80.2 Å². The number of halogens is 1. The molecule has 0 atom stereocenters. The minimum atomic E-state index is -1.93. The number of nitrogens with zero attached hydrogens (tertiary/aromatic N) is 1. The molecular weight excluding hydrogens is 512 g/mol. The molecule has 0 aliphatic carbocycles. The van der Waals surface area contributed by atoms with Crippen LogP contribution in [0.3, 0.4) is 0 Å². The van der Waals surface area contributed by atoms with Crippen LogP contribution in [0.2, 0.25) is 5.02 Å². The quantitative estimate of drug-likeness (QED) is 0.138. The summed E-state index contributed by atoms with van der Waals surface area (Å²) in [6.07, 6.45) is 3.79. The van der Waals surface area contributed by atoms with Crippen molar-refractivity contribution in [2.24, 2.45) is 5.10 Å². The Labute approximate surface area is 233 Å². The van der Waals surface area contributed by atoms with Crippen molar-refractivity contribution >= 4 is 23.7 Å². The first-order valence-electron chi connectivity index (χ1n) is 12.3. The molecular formula is C32H29ClN2O4. The third kappa shape index (κ3) is 6.55. The second-order valence-corrected chi connectivity index (χ2v) is 9.20. The minimum absolute atomic E-state index is 0.332. The average Bonchev–Trinajstić information content (AvgIpc) is 2.97. The number of benzene rings is 4. The Bertz CT molecular complexity index is 1400. The number of methoxy groups -OCH3 is 1. The van der Waals surface area contributed by atoms with Crippen LogP contribution in [0.1, 0.15) is 27.8 Å². The van der Waals surface area contributed by atoms with Crippen LogP contribution < -0.4 is 14.9 Å². The molecule has 4 rings (SSSR count). The van der Waals surface area contributed by atoms with Gasteiger partial charge in [0.1, 0.15) is 6.61 Å². The molecule has 1 amide bonds. The molecule has 0 saturated heterocycles. The van der Waals surface area contributed by atoms with Gasteiger partial charge in [-0.05, 0) is 52.9 Å². The van der Waals surface area contributed by atoms with Crippen molar-refractivity contribution in [2.45, 2.75) is 18.6 Å². The van der Waals surface area contributed by atoms with Gasteiger partial charge in [0, 0.05) is 10.6 Å². The van der Waals surface area contributed by atoms with E-state index in [1.54, 1.807) is 67.8 Å². The number of hydrogen-bond donors (Lipinski definition) is 2. The van der Waals surface area contributed by atoms with Gasteiger partial charge in [0.2, 0.25) is 0 Å². The van der Waals surface area contributed by atoms with Crippen LogP contribution in [-0.4, -0.2) is 24.3 Å². The van der Waals surface area contributed by atoms with Crippen LogP contribution in [0.25, 0.3) is 0 Å². The Morgan fingerprint density at radius 2 is 1.62 bits per heavy atom. The van der Waals surface area contributed by atoms with Crippen molar-refractivity contribution in [3.63, 3.8) is 0 Å². The van der Waals surface area contributed by atoms with Crippen LogP contribution in [-0.2, 0) is 23.4 Å². The fraction of sp³-hybridized carbons (Fsp3) is 0.125. The highest BCUT2D eigenvalue weighted by Gasteiger charge is 2.39. The number of rotatable bonds is 11. The van der Waals surface area contributed by atoms with Crippen LogP contribution in [0.15, 0.2) is 115 Å². The average molecular weight is 541 g/mol. The van der Waals surface area contributed by atoms with Crippen LogP contribution >= 0.6 is 11.6 Å². The zero-order valence-corrected chi connectivity index (χ0v) is 22.3. The van der Waals surface area contributed by atoms with Gasteiger partial charge in [-0.15, -0.1) is 6.58 Å². The summed E-state index contributed by atoms with van der Waals surface area (Å²) >= 11 is 5.98. The van der Waals surface area contributed by atoms with Crippen molar-refractivity contribution in [1.29, 1.82) is 0 Å². The van der Waals surface area contributed by atoms with Gasteiger partial charge in [-0.25, -0.2) is 5.43 Å². The van der Waals surface area contributed by atoms with Gasteiger partial charge in [0.05, 0.1) is 13.3 Å². The van der Waals surface area contributed by atoms with Gasteiger partial charge in [-0.1, -0.05) is 90.5 Å². The molecule has 0 aromatic heterocycles. The Kier molecular flexibility index (Phi) is 9.15. The predicted octanol–water partition coefficient (Wildman–Crippen LogP) is 6.04. The lowest BCUT2D eigenvalue weighted by Crippen LogP contribution is -2.43. The normalized spacial score (nSPS) is 11.3. The fourth-order valence-corrected chi connectivity index (χ4v) is 4.28. The molecule has 6 nitrogen and oxygen atoms in total. The molecule has 39 heavy (non-hydrogen) atoms. The van der Waals surface area contributed by atoms with E-state index in [9.17, 15) is 9.90 Å². The van der Waals surface area contributed by atoms with E-state index in [1.807, 2.05) is 42.5 Å². The van der Waals surface area contributed by atoms with E-state index >= 15 is 0 Å². The molecule has 0 spiro atoms. The molecule has 0 aliphatic heterocycles. The van der Waals surface area contributed by atoms with E-state index in [4.69, 9.17) is 21.1 Å². The Hall–Kier alpha value is -4.39. The second-order valence-electron chi connectivity index (χ2n) is 8.76. The lowest BCUT2D eigenvalue weighted by Gasteiger charge is -2.27. The summed E-state index contributed by atoms with van der Waals surface area (Å²) in [5.41, 5.74) is 3.92. The van der Waals surface area contributed by atoms with E-state index in [2.05, 4.69) is 17.1 Å². The highest BCUT2D eigenvalue weighted by molar-refractivity contribution is 6.30. The molecule has 4 aromatic carbocycles. The monoisotopic (exact) mass is 540 g/mol. The summed E-state index contributed by atoms with van der Waals surface area (Å²) in [5.74, 6) is 0.426. The first-order valence-corrected chi connectivity index (χ1v) is 12.7. The second kappa shape index (κ2) is 12.9. The number of hydrogen-bond acceptors (Lipinski definition) is 5. The number of nitrogens with one attached hydrogen (secondary N) is 1. The Morgan fingerprint density at radius 3 is 2.18 bits per heavy atom. The molecule has 7 heteroatoms. The fourth-order valence-electron chi connectivity index (χ4n) is 4.15. The van der Waals surface area contributed by atoms with Gasteiger partial charge in [0.25, 0.3) is 5.91 Å². The van der Waals surface area contributed by atoms with Gasteiger partial charge in [0.15, 0.2) is 17.1 Å². The maximum absolute atomic E-state index is 13.3. The van der Waals surface area contributed by atoms with E-state index in [0.717, 1.165) is 11.1 Å². The number of hydrazone groups is 1. The summed E-state index contributed by atoms with van der Waals surface area (Å²) in [5, 5.41) is 16.4. The molecule has 4 aromatic rings. The van der Waals surface area contributed by atoms with E-state index in [-0.39, 0.29) is 0 Å². The minimum Gasteiger partial charge on any atom is -0.493 e. The summed E-state index contributed by atoms with van der Waals surface area (Å²) < 4.78 is 11.7. The number of ether oxygens (including phenoxy) is 2. The van der Waals surface area contributed by atoms with Crippen molar-refractivity contribution in [2.75, 3.05) is 7.11 Å². The first-order chi connectivity index (χ1) is 19.0. The van der Waals surface area contributed by atoms with E-state index < -0.39 is 11.5 Å². The number of aliphatic hydroxyl groups is 1. The Morgan fingerprint density at radius 1 is 1.00 bits per heavy atom. The third-order valence-corrected chi connectivity index (χ3v) is 6.38. The zero-order chi connectivity index (χ0) is 27.7. The number of allylic oxidation sites excluding steroid dienone is 1. The maximum Gasteiger partial charge on any atom is 0.281 e. The number of carbonyl (C=O) groups excluding carboxylic acids is 1. The molecule has 0 radical (unpaired) electrons. The first kappa shape index (κ1) is 27.6. The highest BCUT2D eigenvalue weighted by atomic mass is 35.5. The van der Waals surface area contributed by atoms with Gasteiger partial charge >= 0.3 is 0 Å². The molecule has 0 bridgehead atoms. The number of carbonyl (C=O) groups is 1. The summed E-state index contributed by atoms with van der Waals surface area (Å²) in [6, 6.07) is 28.6.